The molecule has 0 bridgehead atoms. The number of halogens is 1. The van der Waals surface area contributed by atoms with Gasteiger partial charge < -0.3 is 15.2 Å². The van der Waals surface area contributed by atoms with Gasteiger partial charge in [0, 0.05) is 15.7 Å². The van der Waals surface area contributed by atoms with Crippen LogP contribution in [0.15, 0.2) is 40.9 Å². The monoisotopic (exact) mass is 403 g/mol. The van der Waals surface area contributed by atoms with Crippen LogP contribution >= 0.6 is 15.9 Å². The van der Waals surface area contributed by atoms with Crippen molar-refractivity contribution in [3.63, 3.8) is 0 Å². The number of Topliss-reactive ketones (excluding diaryl/α,β-unsaturated/α-hetero) is 1. The van der Waals surface area contributed by atoms with Crippen LogP contribution in [0.3, 0.4) is 0 Å². The van der Waals surface area contributed by atoms with Crippen molar-refractivity contribution in [1.82, 2.24) is 0 Å². The van der Waals surface area contributed by atoms with E-state index in [2.05, 4.69) is 21.2 Å². The Morgan fingerprint density at radius 1 is 1.24 bits per heavy atom. The zero-order chi connectivity index (χ0) is 18.1. The van der Waals surface area contributed by atoms with Crippen LogP contribution < -0.4 is 5.32 Å². The molecule has 0 aliphatic carbocycles. The Hall–Kier alpha value is -2.67. The summed E-state index contributed by atoms with van der Waals surface area (Å²) in [6.07, 6.45) is 0. The summed E-state index contributed by atoms with van der Waals surface area (Å²) in [6, 6.07) is 9.21. The van der Waals surface area contributed by atoms with Gasteiger partial charge in [-0.3, -0.25) is 9.59 Å². The van der Waals surface area contributed by atoms with E-state index in [0.717, 1.165) is 5.56 Å². The van der Waals surface area contributed by atoms with E-state index >= 15 is 0 Å². The van der Waals surface area contributed by atoms with Gasteiger partial charge in [0.1, 0.15) is 11.3 Å². The van der Waals surface area contributed by atoms with Crippen molar-refractivity contribution in [3.05, 3.63) is 57.6 Å². The predicted molar refractivity (Wildman–Crippen MR) is 93.9 cm³/mol. The van der Waals surface area contributed by atoms with Crippen LogP contribution in [0, 0.1) is 0 Å². The molecule has 2 N–H and O–H groups in total. The van der Waals surface area contributed by atoms with Gasteiger partial charge in [-0.25, -0.2) is 4.79 Å². The first kappa shape index (κ1) is 17.2. The van der Waals surface area contributed by atoms with Gasteiger partial charge in [-0.2, -0.15) is 0 Å². The van der Waals surface area contributed by atoms with Crippen molar-refractivity contribution in [3.8, 4) is 5.75 Å². The van der Waals surface area contributed by atoms with Crippen molar-refractivity contribution in [2.75, 3.05) is 11.9 Å². The number of carbonyl (C=O) groups excluding carboxylic acids is 3. The van der Waals surface area contributed by atoms with Crippen LogP contribution in [-0.2, 0) is 9.53 Å². The summed E-state index contributed by atoms with van der Waals surface area (Å²) in [5, 5.41) is 12.4. The molecule has 0 unspecified atom stereocenters. The standard InChI is InChI=1S/C18H14BrNO5/c1-9-12-6-10(2-4-14(12)20-17(9)23)16(22)8-25-18(24)13-7-11(19)3-5-15(13)21/h2-7,9,21H,8H2,1H3,(H,20,23)/t9-/m0/s1. The van der Waals surface area contributed by atoms with E-state index in [0.29, 0.717) is 15.7 Å². The molecule has 1 atom stereocenters. The number of phenolic OH excluding ortho intramolecular Hbond substituents is 1. The number of hydrogen-bond acceptors (Lipinski definition) is 5. The van der Waals surface area contributed by atoms with E-state index < -0.39 is 18.4 Å². The zero-order valence-electron chi connectivity index (χ0n) is 13.2. The third-order valence-corrected chi connectivity index (χ3v) is 4.50. The smallest absolute Gasteiger partial charge is 0.342 e. The summed E-state index contributed by atoms with van der Waals surface area (Å²) in [4.78, 5) is 35.9. The molecule has 2 aromatic carbocycles. The lowest BCUT2D eigenvalue weighted by atomic mass is 9.99. The van der Waals surface area contributed by atoms with Crippen LogP contribution in [0.1, 0.15) is 39.1 Å². The Labute approximate surface area is 151 Å². The second-order valence-electron chi connectivity index (χ2n) is 5.67. The molecule has 3 rings (SSSR count). The van der Waals surface area contributed by atoms with Crippen molar-refractivity contribution < 1.29 is 24.2 Å². The first-order valence-electron chi connectivity index (χ1n) is 7.50. The average molecular weight is 404 g/mol. The number of ketones is 1. The molecule has 6 nitrogen and oxygen atoms in total. The molecular formula is C18H14BrNO5. The number of nitrogens with one attached hydrogen (secondary N) is 1. The number of esters is 1. The summed E-state index contributed by atoms with van der Waals surface area (Å²) in [5.74, 6) is -1.85. The molecule has 0 aromatic heterocycles. The van der Waals surface area contributed by atoms with Crippen LogP contribution in [-0.4, -0.2) is 29.4 Å². The molecule has 2 aromatic rings. The lowest BCUT2D eigenvalue weighted by Crippen LogP contribution is -2.14. The fourth-order valence-corrected chi connectivity index (χ4v) is 2.92. The maximum Gasteiger partial charge on any atom is 0.342 e. The van der Waals surface area contributed by atoms with Gasteiger partial charge in [0.05, 0.1) is 5.92 Å². The molecule has 0 radical (unpaired) electrons. The largest absolute Gasteiger partial charge is 0.507 e. The highest BCUT2D eigenvalue weighted by Crippen LogP contribution is 2.32. The maximum absolute atomic E-state index is 12.3. The first-order valence-corrected chi connectivity index (χ1v) is 8.30. The number of ether oxygens (including phenoxy) is 1. The number of benzene rings is 2. The minimum absolute atomic E-state index is 0.0282. The molecule has 0 saturated carbocycles. The summed E-state index contributed by atoms with van der Waals surface area (Å²) >= 11 is 3.20. The summed E-state index contributed by atoms with van der Waals surface area (Å²) in [6.45, 7) is 1.30. The Balaban J connectivity index is 1.70. The van der Waals surface area contributed by atoms with Gasteiger partial charge in [0.25, 0.3) is 0 Å². The van der Waals surface area contributed by atoms with Crippen LogP contribution in [0.5, 0.6) is 5.75 Å². The van der Waals surface area contributed by atoms with Crippen molar-refractivity contribution >= 4 is 39.3 Å². The van der Waals surface area contributed by atoms with Gasteiger partial charge in [-0.05, 0) is 48.9 Å². The molecular weight excluding hydrogens is 390 g/mol. The van der Waals surface area contributed by atoms with Gasteiger partial charge >= 0.3 is 5.97 Å². The highest BCUT2D eigenvalue weighted by molar-refractivity contribution is 9.10. The fraction of sp³-hybridized carbons (Fsp3) is 0.167. The molecule has 25 heavy (non-hydrogen) atoms. The molecule has 7 heteroatoms. The highest BCUT2D eigenvalue weighted by atomic mass is 79.9. The molecule has 1 aliphatic rings. The van der Waals surface area contributed by atoms with Gasteiger partial charge in [-0.1, -0.05) is 15.9 Å². The molecule has 0 fully saturated rings. The molecule has 0 spiro atoms. The fourth-order valence-electron chi connectivity index (χ4n) is 2.55. The number of fused-ring (bicyclic) bond motifs is 1. The molecule has 1 heterocycles. The predicted octanol–water partition coefficient (Wildman–Crippen LogP) is 3.25. The number of carbonyl (C=O) groups is 3. The van der Waals surface area contributed by atoms with Gasteiger partial charge in [0.15, 0.2) is 12.4 Å². The second-order valence-corrected chi connectivity index (χ2v) is 6.59. The Kier molecular flexibility index (Phi) is 4.59. The number of anilines is 1. The van der Waals surface area contributed by atoms with Crippen LogP contribution in [0.2, 0.25) is 0 Å². The maximum atomic E-state index is 12.3. The SMILES string of the molecule is C[C@@H]1C(=O)Nc2ccc(C(=O)COC(=O)c3cc(Br)ccc3O)cc21. The van der Waals surface area contributed by atoms with Crippen molar-refractivity contribution in [2.24, 2.45) is 0 Å². The topological polar surface area (TPSA) is 92.7 Å². The summed E-state index contributed by atoms with van der Waals surface area (Å²) < 4.78 is 5.60. The third-order valence-electron chi connectivity index (χ3n) is 4.00. The lowest BCUT2D eigenvalue weighted by Gasteiger charge is -2.08. The van der Waals surface area contributed by atoms with Crippen molar-refractivity contribution in [2.45, 2.75) is 12.8 Å². The molecule has 1 amide bonds. The normalized spacial score (nSPS) is 15.4. The van der Waals surface area contributed by atoms with E-state index in [-0.39, 0.29) is 23.1 Å². The molecule has 1 aliphatic heterocycles. The van der Waals surface area contributed by atoms with Crippen molar-refractivity contribution in [1.29, 1.82) is 0 Å². The number of aromatic hydroxyl groups is 1. The van der Waals surface area contributed by atoms with E-state index in [4.69, 9.17) is 4.74 Å². The number of amides is 1. The Bertz CT molecular complexity index is 893. The Morgan fingerprint density at radius 2 is 2.00 bits per heavy atom. The Morgan fingerprint density at radius 3 is 2.76 bits per heavy atom. The summed E-state index contributed by atoms with van der Waals surface area (Å²) in [5.41, 5.74) is 1.75. The van der Waals surface area contributed by atoms with E-state index in [1.807, 2.05) is 0 Å². The average Bonchev–Trinajstić information content (AvgIpc) is 2.88. The van der Waals surface area contributed by atoms with E-state index in [1.165, 1.54) is 12.1 Å². The number of hydrogen-bond donors (Lipinski definition) is 2. The quantitative estimate of drug-likeness (QED) is 0.603. The van der Waals surface area contributed by atoms with Gasteiger partial charge in [0.2, 0.25) is 5.91 Å². The lowest BCUT2D eigenvalue weighted by molar-refractivity contribution is -0.116. The minimum Gasteiger partial charge on any atom is -0.507 e. The van der Waals surface area contributed by atoms with Crippen LogP contribution in [0.25, 0.3) is 0 Å². The summed E-state index contributed by atoms with van der Waals surface area (Å²) in [7, 11) is 0. The molecule has 128 valence electrons. The van der Waals surface area contributed by atoms with Gasteiger partial charge in [-0.15, -0.1) is 0 Å². The van der Waals surface area contributed by atoms with Crippen LogP contribution in [0.4, 0.5) is 5.69 Å². The second kappa shape index (κ2) is 6.68. The van der Waals surface area contributed by atoms with E-state index in [1.54, 1.807) is 31.2 Å². The zero-order valence-corrected chi connectivity index (χ0v) is 14.8. The first-order chi connectivity index (χ1) is 11.9. The highest BCUT2D eigenvalue weighted by Gasteiger charge is 2.27. The number of phenols is 1. The van der Waals surface area contributed by atoms with E-state index in [9.17, 15) is 19.5 Å². The molecule has 0 saturated heterocycles. The minimum atomic E-state index is -0.793. The third kappa shape index (κ3) is 3.41. The number of rotatable bonds is 4.